The van der Waals surface area contributed by atoms with Crippen molar-refractivity contribution in [2.45, 2.75) is 38.6 Å². The maximum Gasteiger partial charge on any atom is 0.108 e. The molecule has 0 spiro atoms. The molecule has 2 heteroatoms. The van der Waals surface area contributed by atoms with Gasteiger partial charge in [-0.05, 0) is 25.3 Å². The molecule has 0 aromatic carbocycles. The Labute approximate surface area is 85.8 Å². The number of allylic oxidation sites excluding steroid dienone is 1. The lowest BCUT2D eigenvalue weighted by Gasteiger charge is -2.10. The number of hydrogen-bond acceptors (Lipinski definition) is 2. The molecule has 0 aliphatic rings. The molecule has 0 saturated heterocycles. The number of furan rings is 1. The Bertz CT molecular complexity index is 278. The quantitative estimate of drug-likeness (QED) is 0.556. The molecule has 0 saturated carbocycles. The minimum absolute atomic E-state index is 0.114. The van der Waals surface area contributed by atoms with E-state index in [2.05, 4.69) is 13.5 Å². The number of unbranched alkanes of at least 4 members (excludes halogenated alkanes) is 1. The second kappa shape index (κ2) is 5.66. The van der Waals surface area contributed by atoms with Gasteiger partial charge in [0, 0.05) is 18.0 Å². The van der Waals surface area contributed by atoms with Crippen molar-refractivity contribution in [2.24, 2.45) is 5.73 Å². The molecule has 0 aliphatic carbocycles. The highest BCUT2D eigenvalue weighted by molar-refractivity contribution is 5.20. The average Bonchev–Trinajstić information content (AvgIpc) is 2.65. The van der Waals surface area contributed by atoms with Crippen molar-refractivity contribution < 1.29 is 4.42 Å². The van der Waals surface area contributed by atoms with Gasteiger partial charge in [0.25, 0.3) is 0 Å². The third kappa shape index (κ3) is 2.74. The van der Waals surface area contributed by atoms with Crippen LogP contribution in [0.2, 0.25) is 0 Å². The van der Waals surface area contributed by atoms with E-state index in [0.29, 0.717) is 0 Å². The van der Waals surface area contributed by atoms with E-state index < -0.39 is 0 Å². The van der Waals surface area contributed by atoms with E-state index in [1.165, 1.54) is 0 Å². The van der Waals surface area contributed by atoms with Crippen LogP contribution in [0.1, 0.15) is 43.6 Å². The van der Waals surface area contributed by atoms with Gasteiger partial charge in [-0.15, -0.1) is 6.58 Å². The van der Waals surface area contributed by atoms with Gasteiger partial charge in [-0.25, -0.2) is 0 Å². The maximum absolute atomic E-state index is 6.06. The van der Waals surface area contributed by atoms with Crippen LogP contribution in [0.25, 0.3) is 0 Å². The van der Waals surface area contributed by atoms with E-state index in [0.717, 1.165) is 37.0 Å². The molecule has 0 radical (unpaired) electrons. The van der Waals surface area contributed by atoms with Gasteiger partial charge < -0.3 is 10.2 Å². The Balaban J connectivity index is 2.50. The lowest BCUT2D eigenvalue weighted by molar-refractivity contribution is 0.500. The summed E-state index contributed by atoms with van der Waals surface area (Å²) in [5.74, 6) is 1.02. The third-order valence-electron chi connectivity index (χ3n) is 2.42. The van der Waals surface area contributed by atoms with Gasteiger partial charge in [-0.3, -0.25) is 0 Å². The second-order valence-corrected chi connectivity index (χ2v) is 3.48. The fourth-order valence-electron chi connectivity index (χ4n) is 1.61. The molecule has 14 heavy (non-hydrogen) atoms. The van der Waals surface area contributed by atoms with Gasteiger partial charge in [0.1, 0.15) is 5.76 Å². The van der Waals surface area contributed by atoms with Crippen LogP contribution in [0.4, 0.5) is 0 Å². The molecule has 1 aromatic rings. The zero-order valence-electron chi connectivity index (χ0n) is 8.83. The van der Waals surface area contributed by atoms with Gasteiger partial charge in [-0.1, -0.05) is 13.0 Å². The maximum atomic E-state index is 6.06. The minimum atomic E-state index is 0.114. The lowest BCUT2D eigenvalue weighted by Crippen LogP contribution is -2.10. The van der Waals surface area contributed by atoms with Crippen LogP contribution in [0.15, 0.2) is 29.4 Å². The molecule has 1 unspecified atom stereocenters. The Morgan fingerprint density at radius 3 is 3.07 bits per heavy atom. The standard InChI is InChI=1S/C12H19NO/c1-3-5-6-7-11(13)10-8-9-14-12(10)4-2/h3,8-9,11H,1,4-7,13H2,2H3. The van der Waals surface area contributed by atoms with Crippen LogP contribution in [0.5, 0.6) is 0 Å². The van der Waals surface area contributed by atoms with Crippen LogP contribution >= 0.6 is 0 Å². The molecule has 1 heterocycles. The number of nitrogens with two attached hydrogens (primary N) is 1. The first-order valence-corrected chi connectivity index (χ1v) is 5.22. The molecule has 0 aliphatic heterocycles. The first-order valence-electron chi connectivity index (χ1n) is 5.22. The Morgan fingerprint density at radius 1 is 1.64 bits per heavy atom. The van der Waals surface area contributed by atoms with Crippen molar-refractivity contribution in [3.8, 4) is 0 Å². The lowest BCUT2D eigenvalue weighted by atomic mass is 10.0. The molecular formula is C12H19NO. The molecule has 0 amide bonds. The van der Waals surface area contributed by atoms with Crippen LogP contribution in [0.3, 0.4) is 0 Å². The van der Waals surface area contributed by atoms with Gasteiger partial charge >= 0.3 is 0 Å². The van der Waals surface area contributed by atoms with E-state index >= 15 is 0 Å². The summed E-state index contributed by atoms with van der Waals surface area (Å²) in [6.07, 6.45) is 7.70. The first-order chi connectivity index (χ1) is 6.79. The van der Waals surface area contributed by atoms with E-state index in [1.54, 1.807) is 6.26 Å². The largest absolute Gasteiger partial charge is 0.469 e. The minimum Gasteiger partial charge on any atom is -0.469 e. The highest BCUT2D eigenvalue weighted by atomic mass is 16.3. The van der Waals surface area contributed by atoms with Crippen LogP contribution in [0, 0.1) is 0 Å². The molecule has 1 aromatic heterocycles. The Kier molecular flexibility index (Phi) is 4.47. The summed E-state index contributed by atoms with van der Waals surface area (Å²) in [6, 6.07) is 2.10. The molecule has 0 bridgehead atoms. The molecular weight excluding hydrogens is 174 g/mol. The zero-order chi connectivity index (χ0) is 10.4. The molecule has 1 atom stereocenters. The van der Waals surface area contributed by atoms with Crippen molar-refractivity contribution in [1.82, 2.24) is 0 Å². The topological polar surface area (TPSA) is 39.2 Å². The summed E-state index contributed by atoms with van der Waals surface area (Å²) in [6.45, 7) is 5.78. The summed E-state index contributed by atoms with van der Waals surface area (Å²) >= 11 is 0. The number of hydrogen-bond donors (Lipinski definition) is 1. The van der Waals surface area contributed by atoms with Crippen molar-refractivity contribution in [3.05, 3.63) is 36.3 Å². The zero-order valence-corrected chi connectivity index (χ0v) is 8.83. The fourth-order valence-corrected chi connectivity index (χ4v) is 1.61. The molecule has 78 valence electrons. The summed E-state index contributed by atoms with van der Waals surface area (Å²) in [5.41, 5.74) is 7.23. The van der Waals surface area contributed by atoms with Gasteiger partial charge in [-0.2, -0.15) is 0 Å². The Morgan fingerprint density at radius 2 is 2.43 bits per heavy atom. The van der Waals surface area contributed by atoms with Crippen molar-refractivity contribution >= 4 is 0 Å². The van der Waals surface area contributed by atoms with Crippen LogP contribution in [-0.2, 0) is 6.42 Å². The van der Waals surface area contributed by atoms with Gasteiger partial charge in [0.05, 0.1) is 6.26 Å². The number of rotatable bonds is 6. The highest BCUT2D eigenvalue weighted by Crippen LogP contribution is 2.22. The summed E-state index contributed by atoms with van der Waals surface area (Å²) in [7, 11) is 0. The predicted molar refractivity (Wildman–Crippen MR) is 59.1 cm³/mol. The average molecular weight is 193 g/mol. The fraction of sp³-hybridized carbons (Fsp3) is 0.500. The summed E-state index contributed by atoms with van der Waals surface area (Å²) in [5, 5.41) is 0. The van der Waals surface area contributed by atoms with E-state index in [4.69, 9.17) is 10.2 Å². The summed E-state index contributed by atoms with van der Waals surface area (Å²) in [4.78, 5) is 0. The smallest absolute Gasteiger partial charge is 0.108 e. The van der Waals surface area contributed by atoms with E-state index in [9.17, 15) is 0 Å². The SMILES string of the molecule is C=CCCCC(N)c1ccoc1CC. The first kappa shape index (κ1) is 11.1. The molecule has 0 fully saturated rings. The van der Waals surface area contributed by atoms with Gasteiger partial charge in [0.15, 0.2) is 0 Å². The summed E-state index contributed by atoms with van der Waals surface area (Å²) < 4.78 is 5.34. The number of aryl methyl sites for hydroxylation is 1. The van der Waals surface area contributed by atoms with Crippen molar-refractivity contribution in [3.63, 3.8) is 0 Å². The predicted octanol–water partition coefficient (Wildman–Crippen LogP) is 3.20. The van der Waals surface area contributed by atoms with Crippen LogP contribution < -0.4 is 5.73 Å². The Hall–Kier alpha value is -1.02. The monoisotopic (exact) mass is 193 g/mol. The van der Waals surface area contributed by atoms with Crippen LogP contribution in [-0.4, -0.2) is 0 Å². The van der Waals surface area contributed by atoms with Crippen molar-refractivity contribution in [1.29, 1.82) is 0 Å². The second-order valence-electron chi connectivity index (χ2n) is 3.48. The van der Waals surface area contributed by atoms with E-state index in [-0.39, 0.29) is 6.04 Å². The third-order valence-corrected chi connectivity index (χ3v) is 2.42. The highest BCUT2D eigenvalue weighted by Gasteiger charge is 2.11. The van der Waals surface area contributed by atoms with Crippen molar-refractivity contribution in [2.75, 3.05) is 0 Å². The molecule has 1 rings (SSSR count). The molecule has 2 nitrogen and oxygen atoms in total. The molecule has 2 N–H and O–H groups in total. The van der Waals surface area contributed by atoms with E-state index in [1.807, 2.05) is 12.1 Å². The normalized spacial score (nSPS) is 12.7. The van der Waals surface area contributed by atoms with Gasteiger partial charge in [0.2, 0.25) is 0 Å².